The average Bonchev–Trinajstić information content (AvgIpc) is 2.70. The molecule has 1 aromatic rings. The van der Waals surface area contributed by atoms with E-state index in [4.69, 9.17) is 0 Å². The van der Waals surface area contributed by atoms with Gasteiger partial charge in [-0.25, -0.2) is 18.5 Å². The Bertz CT molecular complexity index is 419. The van der Waals surface area contributed by atoms with Gasteiger partial charge in [-0.05, 0) is 13.3 Å². The van der Waals surface area contributed by atoms with Crippen molar-refractivity contribution in [1.29, 1.82) is 0 Å². The number of aromatic nitrogens is 2. The third-order valence-electron chi connectivity index (χ3n) is 2.00. The van der Waals surface area contributed by atoms with Crippen LogP contribution in [0.4, 0.5) is 0 Å². The van der Waals surface area contributed by atoms with Crippen molar-refractivity contribution in [3.8, 4) is 0 Å². The second kappa shape index (κ2) is 5.21. The number of rotatable bonds is 1. The third kappa shape index (κ3) is 2.75. The molecule has 1 aliphatic heterocycles. The van der Waals surface area contributed by atoms with E-state index in [-0.39, 0.29) is 0 Å². The summed E-state index contributed by atoms with van der Waals surface area (Å²) in [6, 6.07) is 0. The fourth-order valence-corrected chi connectivity index (χ4v) is 3.17. The molecule has 0 spiro atoms. The Balaban J connectivity index is 0.000000531. The molecule has 0 N–H and O–H groups in total. The van der Waals surface area contributed by atoms with Crippen molar-refractivity contribution in [1.82, 2.24) is 9.97 Å². The number of hydrogen-bond acceptors (Lipinski definition) is 4. The fourth-order valence-electron chi connectivity index (χ4n) is 1.27. The van der Waals surface area contributed by atoms with Gasteiger partial charge in [0.05, 0.1) is 14.6 Å². The molecule has 2 rings (SSSR count). The van der Waals surface area contributed by atoms with Gasteiger partial charge in [-0.2, -0.15) is 0 Å². The van der Waals surface area contributed by atoms with E-state index in [9.17, 15) is 4.21 Å². The molecular weight excluding hydrogens is 210 g/mol. The van der Waals surface area contributed by atoms with Crippen LogP contribution in [-0.2, 0) is 9.73 Å². The van der Waals surface area contributed by atoms with Crippen LogP contribution in [0.3, 0.4) is 0 Å². The SMILES string of the molecule is CC.Cc1ncc(S2(=O)=NCCC2)cn1. The molecule has 2 heterocycles. The third-order valence-corrected chi connectivity index (χ3v) is 4.39. The van der Waals surface area contributed by atoms with Gasteiger partial charge < -0.3 is 0 Å². The minimum absolute atomic E-state index is 0.652. The van der Waals surface area contributed by atoms with Gasteiger partial charge in [0, 0.05) is 24.7 Å². The molecule has 0 aliphatic carbocycles. The molecule has 84 valence electrons. The molecule has 0 radical (unpaired) electrons. The smallest absolute Gasteiger partial charge is 0.125 e. The molecule has 0 saturated carbocycles. The van der Waals surface area contributed by atoms with Gasteiger partial charge in [0.1, 0.15) is 5.82 Å². The monoisotopic (exact) mass is 227 g/mol. The molecule has 5 heteroatoms. The van der Waals surface area contributed by atoms with Crippen LogP contribution >= 0.6 is 0 Å². The molecular formula is C10H17N3OS. The molecule has 15 heavy (non-hydrogen) atoms. The molecule has 0 saturated heterocycles. The lowest BCUT2D eigenvalue weighted by Gasteiger charge is -2.02. The Kier molecular flexibility index (Phi) is 4.20. The molecule has 0 fully saturated rings. The maximum atomic E-state index is 12.1. The predicted molar refractivity (Wildman–Crippen MR) is 61.3 cm³/mol. The van der Waals surface area contributed by atoms with Gasteiger partial charge in [-0.1, -0.05) is 13.8 Å². The number of aryl methyl sites for hydroxylation is 1. The molecule has 0 aromatic carbocycles. The molecule has 0 amide bonds. The van der Waals surface area contributed by atoms with Crippen molar-refractivity contribution in [2.75, 3.05) is 12.3 Å². The van der Waals surface area contributed by atoms with Gasteiger partial charge in [0.2, 0.25) is 0 Å². The molecule has 4 nitrogen and oxygen atoms in total. The van der Waals surface area contributed by atoms with Crippen molar-refractivity contribution in [3.05, 3.63) is 18.2 Å². The standard InChI is InChI=1S/C8H11N3OS.C2H6/c1-7-9-5-8(6-10-7)13(12)4-2-3-11-13;1-2/h5-6H,2-4H2,1H3;1-2H3. The Morgan fingerprint density at radius 1 is 1.27 bits per heavy atom. The maximum Gasteiger partial charge on any atom is 0.125 e. The summed E-state index contributed by atoms with van der Waals surface area (Å²) in [6.07, 6.45) is 4.16. The highest BCUT2D eigenvalue weighted by Crippen LogP contribution is 2.17. The van der Waals surface area contributed by atoms with Crippen molar-refractivity contribution in [2.24, 2.45) is 4.36 Å². The van der Waals surface area contributed by atoms with Crippen LogP contribution in [0.1, 0.15) is 26.1 Å². The van der Waals surface area contributed by atoms with E-state index in [1.54, 1.807) is 12.4 Å². The summed E-state index contributed by atoms with van der Waals surface area (Å²) in [6.45, 7) is 6.51. The van der Waals surface area contributed by atoms with Crippen LogP contribution < -0.4 is 0 Å². The first kappa shape index (κ1) is 12.1. The lowest BCUT2D eigenvalue weighted by Crippen LogP contribution is -2.03. The molecule has 0 bridgehead atoms. The largest absolute Gasteiger partial charge is 0.245 e. The Morgan fingerprint density at radius 2 is 1.87 bits per heavy atom. The highest BCUT2D eigenvalue weighted by atomic mass is 32.2. The van der Waals surface area contributed by atoms with E-state index in [1.165, 1.54) is 0 Å². The van der Waals surface area contributed by atoms with E-state index >= 15 is 0 Å². The summed E-state index contributed by atoms with van der Waals surface area (Å²) in [5.41, 5.74) is 0. The van der Waals surface area contributed by atoms with E-state index in [1.807, 2.05) is 20.8 Å². The summed E-state index contributed by atoms with van der Waals surface area (Å²) < 4.78 is 16.2. The minimum atomic E-state index is -2.15. The highest BCUT2D eigenvalue weighted by molar-refractivity contribution is 7.93. The Hall–Kier alpha value is -0.970. The first-order valence-corrected chi connectivity index (χ1v) is 6.88. The zero-order valence-electron chi connectivity index (χ0n) is 9.43. The lowest BCUT2D eigenvalue weighted by atomic mass is 10.5. The molecule has 1 aromatic heterocycles. The second-order valence-electron chi connectivity index (χ2n) is 3.02. The van der Waals surface area contributed by atoms with E-state index in [2.05, 4.69) is 14.3 Å². The van der Waals surface area contributed by atoms with Crippen LogP contribution in [0.2, 0.25) is 0 Å². The van der Waals surface area contributed by atoms with Gasteiger partial charge in [-0.3, -0.25) is 0 Å². The zero-order valence-corrected chi connectivity index (χ0v) is 10.3. The van der Waals surface area contributed by atoms with Crippen LogP contribution in [0, 0.1) is 6.92 Å². The lowest BCUT2D eigenvalue weighted by molar-refractivity contribution is 0.678. The van der Waals surface area contributed by atoms with E-state index in [0.717, 1.165) is 6.42 Å². The van der Waals surface area contributed by atoms with Gasteiger partial charge >= 0.3 is 0 Å². The van der Waals surface area contributed by atoms with Crippen LogP contribution in [0.5, 0.6) is 0 Å². The first-order valence-electron chi connectivity index (χ1n) is 5.20. The predicted octanol–water partition coefficient (Wildman–Crippen LogP) is 2.04. The summed E-state index contributed by atoms with van der Waals surface area (Å²) in [5, 5.41) is 0. The molecule has 1 aliphatic rings. The highest BCUT2D eigenvalue weighted by Gasteiger charge is 2.17. The van der Waals surface area contributed by atoms with Gasteiger partial charge in [0.25, 0.3) is 0 Å². The molecule has 1 atom stereocenters. The van der Waals surface area contributed by atoms with E-state index in [0.29, 0.717) is 23.0 Å². The topological polar surface area (TPSA) is 55.2 Å². The van der Waals surface area contributed by atoms with Crippen molar-refractivity contribution in [3.63, 3.8) is 0 Å². The van der Waals surface area contributed by atoms with E-state index < -0.39 is 9.73 Å². The number of nitrogens with zero attached hydrogens (tertiary/aromatic N) is 3. The maximum absolute atomic E-state index is 12.1. The van der Waals surface area contributed by atoms with Gasteiger partial charge in [-0.15, -0.1) is 0 Å². The second-order valence-corrected chi connectivity index (χ2v) is 5.44. The fraction of sp³-hybridized carbons (Fsp3) is 0.600. The summed E-state index contributed by atoms with van der Waals surface area (Å²) in [7, 11) is -2.15. The summed E-state index contributed by atoms with van der Waals surface area (Å²) >= 11 is 0. The van der Waals surface area contributed by atoms with Crippen molar-refractivity contribution < 1.29 is 4.21 Å². The van der Waals surface area contributed by atoms with Crippen LogP contribution in [-0.4, -0.2) is 26.5 Å². The Morgan fingerprint density at radius 3 is 2.33 bits per heavy atom. The minimum Gasteiger partial charge on any atom is -0.245 e. The summed E-state index contributed by atoms with van der Waals surface area (Å²) in [5.74, 6) is 1.35. The van der Waals surface area contributed by atoms with Crippen molar-refractivity contribution >= 4 is 9.73 Å². The van der Waals surface area contributed by atoms with Crippen LogP contribution in [0.25, 0.3) is 0 Å². The average molecular weight is 227 g/mol. The quantitative estimate of drug-likeness (QED) is 0.737. The van der Waals surface area contributed by atoms with Crippen molar-refractivity contribution in [2.45, 2.75) is 32.1 Å². The molecule has 1 unspecified atom stereocenters. The first-order chi connectivity index (χ1) is 7.21. The Labute approximate surface area is 91.3 Å². The van der Waals surface area contributed by atoms with Gasteiger partial charge in [0.15, 0.2) is 0 Å². The van der Waals surface area contributed by atoms with Crippen LogP contribution in [0.15, 0.2) is 21.7 Å². The number of hydrogen-bond donors (Lipinski definition) is 0. The zero-order chi connectivity index (χ0) is 11.3. The summed E-state index contributed by atoms with van der Waals surface area (Å²) in [4.78, 5) is 8.71. The normalized spacial score (nSPS) is 23.9.